The highest BCUT2D eigenvalue weighted by molar-refractivity contribution is 4.85. The van der Waals surface area contributed by atoms with Gasteiger partial charge in [-0.1, -0.05) is 39.0 Å². The second kappa shape index (κ2) is 10.4. The molecule has 0 aromatic heterocycles. The van der Waals surface area contributed by atoms with Crippen LogP contribution < -0.4 is 0 Å². The molecule has 1 heterocycles. The summed E-state index contributed by atoms with van der Waals surface area (Å²) in [5.41, 5.74) is 0. The number of hydrogen-bond acceptors (Lipinski definition) is 1. The summed E-state index contributed by atoms with van der Waals surface area (Å²) in [6.07, 6.45) is 14.3. The van der Waals surface area contributed by atoms with Crippen LogP contribution in [0, 0.1) is 17.8 Å². The van der Waals surface area contributed by atoms with Crippen molar-refractivity contribution in [3.63, 3.8) is 0 Å². The molecule has 0 N–H and O–H groups in total. The second-order valence-corrected chi connectivity index (χ2v) is 7.66. The number of hydrogen-bond donors (Lipinski definition) is 0. The van der Waals surface area contributed by atoms with Gasteiger partial charge in [0.25, 0.3) is 6.08 Å². The first-order valence-corrected chi connectivity index (χ1v) is 9.81. The number of rotatable bonds is 8. The Morgan fingerprint density at radius 2 is 1.70 bits per heavy atom. The van der Waals surface area contributed by atoms with Gasteiger partial charge < -0.3 is 4.74 Å². The molecule has 2 aliphatic rings. The van der Waals surface area contributed by atoms with E-state index in [1.165, 1.54) is 64.2 Å². The van der Waals surface area contributed by atoms with Crippen molar-refractivity contribution in [2.45, 2.75) is 90.1 Å². The van der Waals surface area contributed by atoms with Crippen molar-refractivity contribution in [2.75, 3.05) is 6.61 Å². The van der Waals surface area contributed by atoms with Crippen LogP contribution in [0.3, 0.4) is 0 Å². The highest BCUT2D eigenvalue weighted by Gasteiger charge is 2.31. The topological polar surface area (TPSA) is 9.23 Å². The maximum atomic E-state index is 12.1. The molecule has 0 aromatic rings. The third-order valence-corrected chi connectivity index (χ3v) is 5.91. The average Bonchev–Trinajstić information content (AvgIpc) is 2.56. The quantitative estimate of drug-likeness (QED) is 0.449. The Morgan fingerprint density at radius 3 is 2.30 bits per heavy atom. The van der Waals surface area contributed by atoms with Crippen LogP contribution in [0.15, 0.2) is 12.2 Å². The zero-order valence-corrected chi connectivity index (χ0v) is 14.7. The Balaban J connectivity index is 1.60. The lowest BCUT2D eigenvalue weighted by Crippen LogP contribution is -2.34. The largest absolute Gasteiger partial charge is 0.378 e. The van der Waals surface area contributed by atoms with E-state index in [9.17, 15) is 8.78 Å². The van der Waals surface area contributed by atoms with Gasteiger partial charge in [0, 0.05) is 6.61 Å². The van der Waals surface area contributed by atoms with Crippen LogP contribution in [0.1, 0.15) is 84.0 Å². The van der Waals surface area contributed by atoms with Gasteiger partial charge in [0.15, 0.2) is 0 Å². The van der Waals surface area contributed by atoms with Crippen LogP contribution >= 0.6 is 0 Å². The number of allylic oxidation sites excluding steroid dienone is 1. The summed E-state index contributed by atoms with van der Waals surface area (Å²) < 4.78 is 30.3. The van der Waals surface area contributed by atoms with Gasteiger partial charge in [0.1, 0.15) is 0 Å². The van der Waals surface area contributed by atoms with Gasteiger partial charge in [-0.05, 0) is 68.8 Å². The van der Waals surface area contributed by atoms with Gasteiger partial charge in [-0.3, -0.25) is 0 Å². The first-order chi connectivity index (χ1) is 11.2. The van der Waals surface area contributed by atoms with Gasteiger partial charge in [-0.15, -0.1) is 0 Å². The Labute approximate surface area is 140 Å². The fraction of sp³-hybridized carbons (Fsp3) is 0.900. The van der Waals surface area contributed by atoms with E-state index in [4.69, 9.17) is 4.74 Å². The summed E-state index contributed by atoms with van der Waals surface area (Å²) in [6.45, 7) is 3.23. The van der Waals surface area contributed by atoms with Crippen LogP contribution in [-0.4, -0.2) is 12.7 Å². The zero-order chi connectivity index (χ0) is 16.5. The van der Waals surface area contributed by atoms with Crippen LogP contribution in [0.4, 0.5) is 8.78 Å². The molecular weight excluding hydrogens is 294 g/mol. The van der Waals surface area contributed by atoms with Crippen molar-refractivity contribution in [1.29, 1.82) is 0 Å². The van der Waals surface area contributed by atoms with Crippen LogP contribution in [0.25, 0.3) is 0 Å². The summed E-state index contributed by atoms with van der Waals surface area (Å²) in [5.74, 6) is 2.15. The van der Waals surface area contributed by atoms with Gasteiger partial charge in [0.2, 0.25) is 0 Å². The first-order valence-electron chi connectivity index (χ1n) is 9.81. The van der Waals surface area contributed by atoms with Gasteiger partial charge in [0.05, 0.1) is 6.10 Å². The van der Waals surface area contributed by atoms with E-state index in [0.717, 1.165) is 30.9 Å². The van der Waals surface area contributed by atoms with Crippen molar-refractivity contribution >= 4 is 0 Å². The Hall–Kier alpha value is -0.440. The summed E-state index contributed by atoms with van der Waals surface area (Å²) in [7, 11) is 0. The fourth-order valence-electron chi connectivity index (χ4n) is 4.39. The van der Waals surface area contributed by atoms with Crippen molar-refractivity contribution in [1.82, 2.24) is 0 Å². The molecule has 0 aromatic carbocycles. The van der Waals surface area contributed by atoms with Crippen molar-refractivity contribution < 1.29 is 13.5 Å². The fourth-order valence-corrected chi connectivity index (χ4v) is 4.39. The van der Waals surface area contributed by atoms with E-state index in [1.54, 1.807) is 0 Å². The monoisotopic (exact) mass is 328 g/mol. The summed E-state index contributed by atoms with van der Waals surface area (Å²) in [4.78, 5) is 0. The SMILES string of the molecule is CCCCCC1CCC(C2CCC(CCC=C(F)F)CC2)OC1. The molecule has 0 spiro atoms. The number of unbranched alkanes of at least 4 members (excludes halogenated alkanes) is 2. The van der Waals surface area contributed by atoms with E-state index >= 15 is 0 Å². The van der Waals surface area contributed by atoms with E-state index in [0.29, 0.717) is 18.4 Å². The molecule has 0 bridgehead atoms. The highest BCUT2D eigenvalue weighted by Crippen LogP contribution is 2.38. The van der Waals surface area contributed by atoms with Gasteiger partial charge in [-0.2, -0.15) is 8.78 Å². The molecule has 3 heteroatoms. The number of halogens is 2. The smallest absolute Gasteiger partial charge is 0.266 e. The Kier molecular flexibility index (Phi) is 8.57. The summed E-state index contributed by atoms with van der Waals surface area (Å²) >= 11 is 0. The summed E-state index contributed by atoms with van der Waals surface area (Å²) in [5, 5.41) is 0. The van der Waals surface area contributed by atoms with E-state index in [1.807, 2.05) is 0 Å². The molecule has 1 saturated heterocycles. The predicted molar refractivity (Wildman–Crippen MR) is 91.6 cm³/mol. The zero-order valence-electron chi connectivity index (χ0n) is 14.7. The standard InChI is InChI=1S/C20H34F2O/c1-2-3-4-6-17-11-14-19(23-15-17)18-12-9-16(10-13-18)7-5-8-20(21)22/h8,16-19H,2-7,9-15H2,1H3. The lowest BCUT2D eigenvalue weighted by Gasteiger charge is -2.38. The molecule has 1 nitrogen and oxygen atoms in total. The molecule has 2 rings (SSSR count). The molecule has 0 radical (unpaired) electrons. The highest BCUT2D eigenvalue weighted by atomic mass is 19.3. The van der Waals surface area contributed by atoms with Crippen molar-refractivity contribution in [2.24, 2.45) is 17.8 Å². The van der Waals surface area contributed by atoms with E-state index in [2.05, 4.69) is 6.92 Å². The lowest BCUT2D eigenvalue weighted by molar-refractivity contribution is -0.0598. The summed E-state index contributed by atoms with van der Waals surface area (Å²) in [6, 6.07) is 0. The Morgan fingerprint density at radius 1 is 0.957 bits per heavy atom. The average molecular weight is 328 g/mol. The van der Waals surface area contributed by atoms with Crippen LogP contribution in [0.5, 0.6) is 0 Å². The van der Waals surface area contributed by atoms with Gasteiger partial charge in [-0.25, -0.2) is 0 Å². The predicted octanol–water partition coefficient (Wildman–Crippen LogP) is 6.73. The van der Waals surface area contributed by atoms with Gasteiger partial charge >= 0.3 is 0 Å². The van der Waals surface area contributed by atoms with Crippen molar-refractivity contribution in [3.8, 4) is 0 Å². The lowest BCUT2D eigenvalue weighted by atomic mass is 9.76. The maximum absolute atomic E-state index is 12.1. The third-order valence-electron chi connectivity index (χ3n) is 5.91. The third kappa shape index (κ3) is 6.91. The minimum Gasteiger partial charge on any atom is -0.378 e. The molecule has 1 aliphatic heterocycles. The minimum absolute atomic E-state index is 0.474. The molecule has 2 fully saturated rings. The molecule has 2 unspecified atom stereocenters. The maximum Gasteiger partial charge on any atom is 0.266 e. The Bertz CT molecular complexity index is 336. The molecule has 134 valence electrons. The molecule has 1 saturated carbocycles. The molecule has 1 aliphatic carbocycles. The minimum atomic E-state index is -1.53. The molecule has 0 amide bonds. The molecular formula is C20H34F2O. The normalized spacial score (nSPS) is 31.8. The number of ether oxygens (including phenoxy) is 1. The second-order valence-electron chi connectivity index (χ2n) is 7.66. The molecule has 23 heavy (non-hydrogen) atoms. The van der Waals surface area contributed by atoms with Crippen molar-refractivity contribution in [3.05, 3.63) is 12.2 Å². The van der Waals surface area contributed by atoms with E-state index in [-0.39, 0.29) is 0 Å². The van der Waals surface area contributed by atoms with Crippen LogP contribution in [0.2, 0.25) is 0 Å². The first kappa shape index (κ1) is 18.9. The molecule has 2 atom stereocenters. The van der Waals surface area contributed by atoms with E-state index < -0.39 is 6.08 Å². The van der Waals surface area contributed by atoms with Crippen LogP contribution in [-0.2, 0) is 4.74 Å².